The maximum Gasteiger partial charge on any atom is 0.270 e. The number of rotatable bonds is 3. The molecule has 20 heavy (non-hydrogen) atoms. The van der Waals surface area contributed by atoms with Gasteiger partial charge in [-0.1, -0.05) is 0 Å². The first kappa shape index (κ1) is 12.8. The van der Waals surface area contributed by atoms with Crippen molar-refractivity contribution in [1.29, 1.82) is 0 Å². The lowest BCUT2D eigenvalue weighted by atomic mass is 10.2. The maximum atomic E-state index is 10.8. The van der Waals surface area contributed by atoms with Gasteiger partial charge in [-0.2, -0.15) is 0 Å². The summed E-state index contributed by atoms with van der Waals surface area (Å²) in [5, 5.41) is 14.8. The van der Waals surface area contributed by atoms with E-state index in [9.17, 15) is 10.1 Å². The number of benzene rings is 1. The quantitative estimate of drug-likeness (QED) is 0.683. The van der Waals surface area contributed by atoms with E-state index in [-0.39, 0.29) is 10.6 Å². The van der Waals surface area contributed by atoms with E-state index in [2.05, 4.69) is 15.2 Å². The van der Waals surface area contributed by atoms with Crippen LogP contribution in [0.4, 0.5) is 11.5 Å². The molecule has 1 aromatic carbocycles. The van der Waals surface area contributed by atoms with E-state index >= 15 is 0 Å². The number of nitrogens with one attached hydrogen (secondary N) is 1. The van der Waals surface area contributed by atoms with Crippen LogP contribution < -0.4 is 10.2 Å². The van der Waals surface area contributed by atoms with Gasteiger partial charge in [-0.25, -0.2) is 4.98 Å². The fourth-order valence-corrected chi connectivity index (χ4v) is 2.60. The molecule has 1 atom stereocenters. The maximum absolute atomic E-state index is 10.8. The zero-order chi connectivity index (χ0) is 14.1. The third-order valence-electron chi connectivity index (χ3n) is 3.79. The summed E-state index contributed by atoms with van der Waals surface area (Å²) in [5.41, 5.74) is 0.893. The Kier molecular flexibility index (Phi) is 3.23. The summed E-state index contributed by atoms with van der Waals surface area (Å²) in [4.78, 5) is 17.2. The van der Waals surface area contributed by atoms with E-state index in [0.717, 1.165) is 36.2 Å². The lowest BCUT2D eigenvalue weighted by molar-refractivity contribution is -0.384. The molecule has 1 saturated heterocycles. The number of hydrogen-bond donors (Lipinski definition) is 1. The molecule has 0 bridgehead atoms. The minimum atomic E-state index is -0.384. The highest BCUT2D eigenvalue weighted by Gasteiger charge is 2.22. The molecule has 1 unspecified atom stereocenters. The van der Waals surface area contributed by atoms with E-state index in [1.165, 1.54) is 6.07 Å². The second kappa shape index (κ2) is 5.05. The van der Waals surface area contributed by atoms with Gasteiger partial charge in [-0.3, -0.25) is 10.1 Å². The Hall–Kier alpha value is -2.21. The van der Waals surface area contributed by atoms with Crippen molar-refractivity contribution in [1.82, 2.24) is 10.3 Å². The largest absolute Gasteiger partial charge is 0.355 e. The number of nitrogens with zero attached hydrogens (tertiary/aromatic N) is 3. The molecule has 0 saturated carbocycles. The lowest BCUT2D eigenvalue weighted by Gasteiger charge is -2.17. The average molecular weight is 272 g/mol. The second-order valence-electron chi connectivity index (χ2n) is 5.02. The first-order valence-electron chi connectivity index (χ1n) is 6.65. The first-order valence-corrected chi connectivity index (χ1v) is 6.65. The van der Waals surface area contributed by atoms with Crippen molar-refractivity contribution in [3.8, 4) is 0 Å². The third kappa shape index (κ3) is 2.30. The molecule has 6 heteroatoms. The number of anilines is 1. The van der Waals surface area contributed by atoms with Crippen LogP contribution >= 0.6 is 0 Å². The molecular weight excluding hydrogens is 256 g/mol. The Labute approximate surface area is 116 Å². The molecule has 1 aliphatic rings. The van der Waals surface area contributed by atoms with Gasteiger partial charge >= 0.3 is 0 Å². The van der Waals surface area contributed by atoms with Crippen LogP contribution in [-0.2, 0) is 0 Å². The molecule has 104 valence electrons. The third-order valence-corrected chi connectivity index (χ3v) is 3.79. The number of nitro groups is 1. The predicted molar refractivity (Wildman–Crippen MR) is 78.1 cm³/mol. The first-order chi connectivity index (χ1) is 9.67. The number of nitro benzene ring substituents is 1. The SMILES string of the molecule is CNC1CCN(c2ccc3cc([N+](=O)[O-])ccc3n2)C1. The predicted octanol–water partition coefficient (Wildman–Crippen LogP) is 1.94. The number of aromatic nitrogens is 1. The summed E-state index contributed by atoms with van der Waals surface area (Å²) in [5.74, 6) is 0.934. The Morgan fingerprint density at radius 1 is 1.40 bits per heavy atom. The Morgan fingerprint density at radius 3 is 2.95 bits per heavy atom. The van der Waals surface area contributed by atoms with Crippen molar-refractivity contribution in [3.05, 3.63) is 40.4 Å². The van der Waals surface area contributed by atoms with Crippen LogP contribution in [0.25, 0.3) is 10.9 Å². The van der Waals surface area contributed by atoms with Crippen molar-refractivity contribution < 1.29 is 4.92 Å². The number of likely N-dealkylation sites (N-methyl/N-ethyl adjacent to an activating group) is 1. The van der Waals surface area contributed by atoms with Crippen LogP contribution in [0.2, 0.25) is 0 Å². The zero-order valence-corrected chi connectivity index (χ0v) is 11.2. The molecule has 2 heterocycles. The van der Waals surface area contributed by atoms with E-state index in [0.29, 0.717) is 6.04 Å². The summed E-state index contributed by atoms with van der Waals surface area (Å²) in [6, 6.07) is 9.11. The van der Waals surface area contributed by atoms with Gasteiger partial charge in [0.05, 0.1) is 10.4 Å². The topological polar surface area (TPSA) is 71.3 Å². The molecule has 1 aliphatic heterocycles. The van der Waals surface area contributed by atoms with Crippen molar-refractivity contribution >= 4 is 22.4 Å². The molecule has 6 nitrogen and oxygen atoms in total. The molecule has 2 aromatic rings. The van der Waals surface area contributed by atoms with Gasteiger partial charge in [0.25, 0.3) is 5.69 Å². The summed E-state index contributed by atoms with van der Waals surface area (Å²) in [7, 11) is 1.97. The summed E-state index contributed by atoms with van der Waals surface area (Å²) < 4.78 is 0. The van der Waals surface area contributed by atoms with E-state index in [4.69, 9.17) is 0 Å². The van der Waals surface area contributed by atoms with Gasteiger partial charge in [0, 0.05) is 36.7 Å². The minimum absolute atomic E-state index is 0.100. The highest BCUT2D eigenvalue weighted by Crippen LogP contribution is 2.24. The van der Waals surface area contributed by atoms with Gasteiger partial charge in [-0.05, 0) is 31.7 Å². The van der Waals surface area contributed by atoms with Gasteiger partial charge in [0.15, 0.2) is 0 Å². The average Bonchev–Trinajstić information content (AvgIpc) is 2.95. The summed E-state index contributed by atoms with van der Waals surface area (Å²) in [6.07, 6.45) is 1.11. The van der Waals surface area contributed by atoms with Crippen molar-refractivity contribution in [3.63, 3.8) is 0 Å². The second-order valence-corrected chi connectivity index (χ2v) is 5.02. The minimum Gasteiger partial charge on any atom is -0.355 e. The van der Waals surface area contributed by atoms with Gasteiger partial charge in [0.1, 0.15) is 5.82 Å². The molecule has 0 amide bonds. The smallest absolute Gasteiger partial charge is 0.270 e. The highest BCUT2D eigenvalue weighted by molar-refractivity contribution is 5.82. The molecule has 0 radical (unpaired) electrons. The Balaban J connectivity index is 1.91. The zero-order valence-electron chi connectivity index (χ0n) is 11.2. The van der Waals surface area contributed by atoms with Crippen LogP contribution in [0.15, 0.2) is 30.3 Å². The van der Waals surface area contributed by atoms with E-state index < -0.39 is 0 Å². The molecule has 0 aliphatic carbocycles. The van der Waals surface area contributed by atoms with Crippen LogP contribution in [-0.4, -0.2) is 36.1 Å². The van der Waals surface area contributed by atoms with Crippen LogP contribution in [0.5, 0.6) is 0 Å². The normalized spacial score (nSPS) is 18.6. The van der Waals surface area contributed by atoms with Crippen LogP contribution in [0.3, 0.4) is 0 Å². The fraction of sp³-hybridized carbons (Fsp3) is 0.357. The molecule has 1 fully saturated rings. The van der Waals surface area contributed by atoms with Crippen molar-refractivity contribution in [2.45, 2.75) is 12.5 Å². The highest BCUT2D eigenvalue weighted by atomic mass is 16.6. The van der Waals surface area contributed by atoms with Gasteiger partial charge in [0.2, 0.25) is 0 Å². The Morgan fingerprint density at radius 2 is 2.25 bits per heavy atom. The van der Waals surface area contributed by atoms with Gasteiger partial charge in [-0.15, -0.1) is 0 Å². The molecule has 1 N–H and O–H groups in total. The number of hydrogen-bond acceptors (Lipinski definition) is 5. The van der Waals surface area contributed by atoms with Crippen LogP contribution in [0, 0.1) is 10.1 Å². The molecule has 3 rings (SSSR count). The fourth-order valence-electron chi connectivity index (χ4n) is 2.60. The van der Waals surface area contributed by atoms with Crippen molar-refractivity contribution in [2.24, 2.45) is 0 Å². The summed E-state index contributed by atoms with van der Waals surface area (Å²) in [6.45, 7) is 1.93. The number of non-ortho nitro benzene ring substituents is 1. The number of pyridine rings is 1. The standard InChI is InChI=1S/C14H16N4O2/c1-15-11-6-7-17(9-11)14-5-2-10-8-12(18(19)20)3-4-13(10)16-14/h2-5,8,11,15H,6-7,9H2,1H3. The molecule has 0 spiro atoms. The summed E-state index contributed by atoms with van der Waals surface area (Å²) >= 11 is 0. The van der Waals surface area contributed by atoms with Gasteiger partial charge < -0.3 is 10.2 Å². The molecular formula is C14H16N4O2. The monoisotopic (exact) mass is 272 g/mol. The Bertz CT molecular complexity index is 659. The van der Waals surface area contributed by atoms with Crippen molar-refractivity contribution in [2.75, 3.05) is 25.0 Å². The lowest BCUT2D eigenvalue weighted by Crippen LogP contribution is -2.29. The number of fused-ring (bicyclic) bond motifs is 1. The van der Waals surface area contributed by atoms with E-state index in [1.54, 1.807) is 12.1 Å². The van der Waals surface area contributed by atoms with E-state index in [1.807, 2.05) is 19.2 Å². The molecule has 1 aromatic heterocycles. The van der Waals surface area contributed by atoms with Crippen LogP contribution in [0.1, 0.15) is 6.42 Å².